The fourth-order valence-corrected chi connectivity index (χ4v) is 5.33. The van der Waals surface area contributed by atoms with Crippen LogP contribution in [-0.4, -0.2) is 23.9 Å². The summed E-state index contributed by atoms with van der Waals surface area (Å²) in [7, 11) is 0. The zero-order valence-corrected chi connectivity index (χ0v) is 17.2. The average Bonchev–Trinajstić information content (AvgIpc) is 3.40. The maximum absolute atomic E-state index is 12.6. The predicted octanol–water partition coefficient (Wildman–Crippen LogP) is 5.78. The fourth-order valence-electron chi connectivity index (χ4n) is 3.71. The molecule has 1 N–H and O–H groups in total. The largest absolute Gasteiger partial charge is 0.459 e. The Morgan fingerprint density at radius 3 is 2.81 bits per heavy atom. The number of hydrogen-bond donors (Lipinski definition) is 1. The molecule has 4 nitrogen and oxygen atoms in total. The van der Waals surface area contributed by atoms with Gasteiger partial charge in [0.2, 0.25) is 0 Å². The number of carbonyl (C=O) groups is 1. The molecule has 0 aromatic carbocycles. The van der Waals surface area contributed by atoms with Crippen LogP contribution in [0.5, 0.6) is 0 Å². The van der Waals surface area contributed by atoms with Crippen LogP contribution >= 0.6 is 22.7 Å². The monoisotopic (exact) mass is 400 g/mol. The molecular formula is C21H24N2O2S2. The van der Waals surface area contributed by atoms with E-state index < -0.39 is 0 Å². The maximum atomic E-state index is 12.6. The fraction of sp³-hybridized carbons (Fsp3) is 0.381. The van der Waals surface area contributed by atoms with Crippen molar-refractivity contribution in [1.82, 2.24) is 4.90 Å². The summed E-state index contributed by atoms with van der Waals surface area (Å²) >= 11 is 3.36. The van der Waals surface area contributed by atoms with Gasteiger partial charge >= 0.3 is 0 Å². The predicted molar refractivity (Wildman–Crippen MR) is 112 cm³/mol. The van der Waals surface area contributed by atoms with E-state index >= 15 is 0 Å². The first-order valence-corrected chi connectivity index (χ1v) is 11.1. The Hall–Kier alpha value is -1.89. The Morgan fingerprint density at radius 2 is 2.15 bits per heavy atom. The van der Waals surface area contributed by atoms with Gasteiger partial charge in [-0.3, -0.25) is 9.69 Å². The van der Waals surface area contributed by atoms with Gasteiger partial charge in [-0.25, -0.2) is 0 Å². The first-order chi connectivity index (χ1) is 13.1. The molecule has 1 amide bonds. The number of carbonyl (C=O) groups excluding carboxylic acids is 1. The number of amides is 1. The molecule has 142 valence electrons. The van der Waals surface area contributed by atoms with Crippen LogP contribution in [-0.2, 0) is 0 Å². The number of hydrogen-bond acceptors (Lipinski definition) is 5. The highest BCUT2D eigenvalue weighted by Crippen LogP contribution is 2.41. The summed E-state index contributed by atoms with van der Waals surface area (Å²) in [5, 5.41) is 8.37. The van der Waals surface area contributed by atoms with E-state index in [1.54, 1.807) is 34.8 Å². The lowest BCUT2D eigenvalue weighted by Crippen LogP contribution is -2.36. The lowest BCUT2D eigenvalue weighted by molar-refractivity contribution is 0.0996. The second-order valence-corrected chi connectivity index (χ2v) is 9.29. The quantitative estimate of drug-likeness (QED) is 0.590. The van der Waals surface area contributed by atoms with Gasteiger partial charge in [-0.05, 0) is 79.4 Å². The summed E-state index contributed by atoms with van der Waals surface area (Å²) in [5.74, 6) is 0.928. The highest BCUT2D eigenvalue weighted by atomic mass is 32.1. The van der Waals surface area contributed by atoms with Gasteiger partial charge in [-0.2, -0.15) is 11.3 Å². The molecule has 6 heteroatoms. The van der Waals surface area contributed by atoms with E-state index in [2.05, 4.69) is 47.0 Å². The van der Waals surface area contributed by atoms with Crippen molar-refractivity contribution in [3.8, 4) is 0 Å². The minimum Gasteiger partial charge on any atom is -0.459 e. The zero-order valence-electron chi connectivity index (χ0n) is 15.6. The van der Waals surface area contributed by atoms with Gasteiger partial charge in [-0.1, -0.05) is 6.92 Å². The standard InChI is InChI=1S/C21H24N2O2S2/c1-14-5-8-23(9-6-14)19(16-7-11-26-13-16)17-12-15(2)27-21(17)22-20(24)18-4-3-10-25-18/h3-4,7,10-14,19H,5-6,8-9H2,1-2H3,(H,22,24)/t19-/m1/s1. The van der Waals surface area contributed by atoms with Gasteiger partial charge in [0.1, 0.15) is 5.00 Å². The summed E-state index contributed by atoms with van der Waals surface area (Å²) in [6, 6.07) is 8.04. The van der Waals surface area contributed by atoms with Crippen LogP contribution in [0.2, 0.25) is 0 Å². The van der Waals surface area contributed by atoms with Crippen molar-refractivity contribution in [2.45, 2.75) is 32.7 Å². The molecule has 3 aromatic rings. The second-order valence-electron chi connectivity index (χ2n) is 7.25. The Labute approximate surface area is 167 Å². The molecular weight excluding hydrogens is 376 g/mol. The van der Waals surface area contributed by atoms with Gasteiger partial charge in [-0.15, -0.1) is 11.3 Å². The minimum absolute atomic E-state index is 0.181. The van der Waals surface area contributed by atoms with E-state index in [1.807, 2.05) is 0 Å². The normalized spacial score (nSPS) is 17.1. The van der Waals surface area contributed by atoms with Crippen LogP contribution in [0.1, 0.15) is 52.4 Å². The van der Waals surface area contributed by atoms with Crippen LogP contribution in [0.25, 0.3) is 0 Å². The van der Waals surface area contributed by atoms with E-state index in [0.717, 1.165) is 24.0 Å². The van der Waals surface area contributed by atoms with Crippen molar-refractivity contribution >= 4 is 33.6 Å². The molecule has 1 atom stereocenters. The molecule has 0 unspecified atom stereocenters. The molecule has 1 aliphatic rings. The van der Waals surface area contributed by atoms with E-state index in [4.69, 9.17) is 4.42 Å². The Kier molecular flexibility index (Phi) is 5.48. The van der Waals surface area contributed by atoms with E-state index in [1.165, 1.54) is 35.1 Å². The van der Waals surface area contributed by atoms with Crippen LogP contribution in [0.15, 0.2) is 45.7 Å². The Morgan fingerprint density at radius 1 is 1.33 bits per heavy atom. The first kappa shape index (κ1) is 18.5. The van der Waals surface area contributed by atoms with Gasteiger partial charge in [0.15, 0.2) is 5.76 Å². The van der Waals surface area contributed by atoms with Crippen LogP contribution in [0.3, 0.4) is 0 Å². The molecule has 4 heterocycles. The lowest BCUT2D eigenvalue weighted by atomic mass is 9.94. The lowest BCUT2D eigenvalue weighted by Gasteiger charge is -2.37. The summed E-state index contributed by atoms with van der Waals surface area (Å²) in [5.41, 5.74) is 2.49. The number of piperidine rings is 1. The number of aryl methyl sites for hydroxylation is 1. The number of rotatable bonds is 5. The van der Waals surface area contributed by atoms with Crippen molar-refractivity contribution in [3.63, 3.8) is 0 Å². The zero-order chi connectivity index (χ0) is 18.8. The molecule has 0 bridgehead atoms. The number of likely N-dealkylation sites (tertiary alicyclic amines) is 1. The van der Waals surface area contributed by atoms with Crippen LogP contribution < -0.4 is 5.32 Å². The third-order valence-corrected chi connectivity index (χ3v) is 6.88. The van der Waals surface area contributed by atoms with Gasteiger partial charge in [0, 0.05) is 10.4 Å². The van der Waals surface area contributed by atoms with Gasteiger partial charge in [0.25, 0.3) is 5.91 Å². The second kappa shape index (κ2) is 8.00. The van der Waals surface area contributed by atoms with Crippen LogP contribution in [0.4, 0.5) is 5.00 Å². The highest BCUT2D eigenvalue weighted by Gasteiger charge is 2.29. The number of thiophene rings is 2. The van der Waals surface area contributed by atoms with Crippen molar-refractivity contribution in [2.75, 3.05) is 18.4 Å². The summed E-state index contributed by atoms with van der Waals surface area (Å²) in [6.45, 7) is 6.60. The van der Waals surface area contributed by atoms with Gasteiger partial charge in [0.05, 0.1) is 12.3 Å². The molecule has 0 spiro atoms. The molecule has 0 radical (unpaired) electrons. The minimum atomic E-state index is -0.195. The van der Waals surface area contributed by atoms with E-state index in [9.17, 15) is 4.79 Å². The Bertz CT molecular complexity index is 876. The molecule has 4 rings (SSSR count). The number of nitrogens with zero attached hydrogens (tertiary/aromatic N) is 1. The molecule has 1 fully saturated rings. The SMILES string of the molecule is Cc1cc([C@@H](c2ccsc2)N2CCC(C)CC2)c(NC(=O)c2ccco2)s1. The van der Waals surface area contributed by atoms with Crippen molar-refractivity contribution in [2.24, 2.45) is 5.92 Å². The topological polar surface area (TPSA) is 45.5 Å². The molecule has 0 aliphatic carbocycles. The average molecular weight is 401 g/mol. The number of nitrogens with one attached hydrogen (secondary N) is 1. The summed E-state index contributed by atoms with van der Waals surface area (Å²) in [4.78, 5) is 16.3. The first-order valence-electron chi connectivity index (χ1n) is 9.33. The number of anilines is 1. The maximum Gasteiger partial charge on any atom is 0.291 e. The third kappa shape index (κ3) is 4.03. The van der Waals surface area contributed by atoms with Crippen molar-refractivity contribution in [1.29, 1.82) is 0 Å². The highest BCUT2D eigenvalue weighted by molar-refractivity contribution is 7.16. The summed E-state index contributed by atoms with van der Waals surface area (Å²) < 4.78 is 5.26. The molecule has 3 aromatic heterocycles. The summed E-state index contributed by atoms with van der Waals surface area (Å²) in [6.07, 6.45) is 3.97. The Balaban J connectivity index is 1.67. The van der Waals surface area contributed by atoms with Crippen molar-refractivity contribution in [3.05, 3.63) is 63.1 Å². The molecule has 1 saturated heterocycles. The van der Waals surface area contributed by atoms with Crippen LogP contribution in [0, 0.1) is 12.8 Å². The smallest absolute Gasteiger partial charge is 0.291 e. The third-order valence-electron chi connectivity index (χ3n) is 5.19. The van der Waals surface area contributed by atoms with E-state index in [0.29, 0.717) is 5.76 Å². The molecule has 1 aliphatic heterocycles. The molecule has 27 heavy (non-hydrogen) atoms. The van der Waals surface area contributed by atoms with Crippen molar-refractivity contribution < 1.29 is 9.21 Å². The van der Waals surface area contributed by atoms with E-state index in [-0.39, 0.29) is 11.9 Å². The number of furan rings is 1. The molecule has 0 saturated carbocycles. The van der Waals surface area contributed by atoms with Gasteiger partial charge < -0.3 is 9.73 Å².